The molecule has 0 spiro atoms. The standard InChI is InChI=1S/C13H15BrFN3S/c1-8(2)6-16-7-12-17-18-13(19-12)9-3-4-11(15)10(14)5-9/h3-5,8,16H,6-7H2,1-2H3. The molecule has 0 atom stereocenters. The maximum Gasteiger partial charge on any atom is 0.147 e. The molecule has 1 N–H and O–H groups in total. The van der Waals surface area contributed by atoms with E-state index in [1.54, 1.807) is 12.1 Å². The Morgan fingerprint density at radius 2 is 2.16 bits per heavy atom. The highest BCUT2D eigenvalue weighted by molar-refractivity contribution is 9.10. The fourth-order valence-corrected chi connectivity index (χ4v) is 2.72. The van der Waals surface area contributed by atoms with Crippen molar-refractivity contribution in [3.63, 3.8) is 0 Å². The Morgan fingerprint density at radius 1 is 1.37 bits per heavy atom. The zero-order chi connectivity index (χ0) is 13.8. The molecule has 1 aromatic heterocycles. The largest absolute Gasteiger partial charge is 0.310 e. The maximum atomic E-state index is 13.2. The first-order valence-electron chi connectivity index (χ1n) is 6.05. The second kappa shape index (κ2) is 6.54. The normalized spacial score (nSPS) is 11.2. The smallest absolute Gasteiger partial charge is 0.147 e. The molecule has 0 aliphatic carbocycles. The van der Waals surface area contributed by atoms with E-state index in [-0.39, 0.29) is 5.82 Å². The fourth-order valence-electron chi connectivity index (χ4n) is 1.54. The summed E-state index contributed by atoms with van der Waals surface area (Å²) in [6, 6.07) is 4.87. The predicted octanol–water partition coefficient (Wildman–Crippen LogP) is 3.85. The van der Waals surface area contributed by atoms with E-state index in [1.807, 2.05) is 0 Å². The van der Waals surface area contributed by atoms with E-state index in [0.29, 0.717) is 10.4 Å². The molecule has 19 heavy (non-hydrogen) atoms. The monoisotopic (exact) mass is 343 g/mol. The van der Waals surface area contributed by atoms with Crippen LogP contribution in [0.15, 0.2) is 22.7 Å². The molecule has 2 aromatic rings. The molecule has 0 aliphatic rings. The van der Waals surface area contributed by atoms with E-state index >= 15 is 0 Å². The minimum absolute atomic E-state index is 0.271. The van der Waals surface area contributed by atoms with Crippen LogP contribution in [0.5, 0.6) is 0 Å². The second-order valence-electron chi connectivity index (χ2n) is 4.65. The van der Waals surface area contributed by atoms with Crippen LogP contribution in [0.4, 0.5) is 4.39 Å². The quantitative estimate of drug-likeness (QED) is 0.895. The third kappa shape index (κ3) is 4.06. The van der Waals surface area contributed by atoms with Crippen LogP contribution in [0, 0.1) is 11.7 Å². The Hall–Kier alpha value is -0.850. The first kappa shape index (κ1) is 14.6. The van der Waals surface area contributed by atoms with Crippen molar-refractivity contribution in [3.05, 3.63) is 33.5 Å². The first-order chi connectivity index (χ1) is 9.06. The van der Waals surface area contributed by atoms with Crippen molar-refractivity contribution < 1.29 is 4.39 Å². The minimum Gasteiger partial charge on any atom is -0.310 e. The molecule has 0 amide bonds. The van der Waals surface area contributed by atoms with Gasteiger partial charge in [-0.3, -0.25) is 0 Å². The van der Waals surface area contributed by atoms with Gasteiger partial charge in [0.05, 0.1) is 4.47 Å². The highest BCUT2D eigenvalue weighted by Crippen LogP contribution is 2.27. The van der Waals surface area contributed by atoms with Gasteiger partial charge in [-0.1, -0.05) is 25.2 Å². The molecule has 0 fully saturated rings. The molecular formula is C13H15BrFN3S. The summed E-state index contributed by atoms with van der Waals surface area (Å²) < 4.78 is 13.6. The Labute approximate surface area is 124 Å². The van der Waals surface area contributed by atoms with Crippen LogP contribution in [0.1, 0.15) is 18.9 Å². The Bertz CT molecular complexity index is 557. The Morgan fingerprint density at radius 3 is 2.84 bits per heavy atom. The van der Waals surface area contributed by atoms with Gasteiger partial charge in [0.1, 0.15) is 15.8 Å². The summed E-state index contributed by atoms with van der Waals surface area (Å²) in [5, 5.41) is 13.4. The van der Waals surface area contributed by atoms with Crippen LogP contribution in [-0.2, 0) is 6.54 Å². The maximum absolute atomic E-state index is 13.2. The van der Waals surface area contributed by atoms with Crippen LogP contribution in [-0.4, -0.2) is 16.7 Å². The molecule has 3 nitrogen and oxygen atoms in total. The van der Waals surface area contributed by atoms with Gasteiger partial charge in [0.15, 0.2) is 0 Å². The molecule has 0 radical (unpaired) electrons. The first-order valence-corrected chi connectivity index (χ1v) is 7.65. The van der Waals surface area contributed by atoms with E-state index in [9.17, 15) is 4.39 Å². The van der Waals surface area contributed by atoms with Crippen LogP contribution in [0.25, 0.3) is 10.6 Å². The minimum atomic E-state index is -0.271. The zero-order valence-electron chi connectivity index (χ0n) is 10.8. The highest BCUT2D eigenvalue weighted by Gasteiger charge is 2.08. The summed E-state index contributed by atoms with van der Waals surface area (Å²) in [7, 11) is 0. The van der Waals surface area contributed by atoms with Gasteiger partial charge >= 0.3 is 0 Å². The van der Waals surface area contributed by atoms with Crippen molar-refractivity contribution in [2.24, 2.45) is 5.92 Å². The average molecular weight is 344 g/mol. The lowest BCUT2D eigenvalue weighted by Crippen LogP contribution is -2.18. The average Bonchev–Trinajstić information content (AvgIpc) is 2.81. The van der Waals surface area contributed by atoms with Gasteiger partial charge in [-0.05, 0) is 46.6 Å². The summed E-state index contributed by atoms with van der Waals surface area (Å²) in [5.41, 5.74) is 0.876. The number of hydrogen-bond acceptors (Lipinski definition) is 4. The van der Waals surface area contributed by atoms with E-state index in [0.717, 1.165) is 28.7 Å². The zero-order valence-corrected chi connectivity index (χ0v) is 13.2. The predicted molar refractivity (Wildman–Crippen MR) is 79.5 cm³/mol. The molecule has 0 unspecified atom stereocenters. The fraction of sp³-hybridized carbons (Fsp3) is 0.385. The lowest BCUT2D eigenvalue weighted by atomic mass is 10.2. The third-order valence-corrected chi connectivity index (χ3v) is 4.04. The lowest BCUT2D eigenvalue weighted by Gasteiger charge is -2.04. The SMILES string of the molecule is CC(C)CNCc1nnc(-c2ccc(F)c(Br)c2)s1. The van der Waals surface area contributed by atoms with Crippen LogP contribution >= 0.6 is 27.3 Å². The number of hydrogen-bond donors (Lipinski definition) is 1. The highest BCUT2D eigenvalue weighted by atomic mass is 79.9. The number of nitrogens with one attached hydrogen (secondary N) is 1. The van der Waals surface area contributed by atoms with Crippen LogP contribution in [0.3, 0.4) is 0 Å². The van der Waals surface area contributed by atoms with Gasteiger partial charge in [0.25, 0.3) is 0 Å². The van der Waals surface area contributed by atoms with Gasteiger partial charge in [-0.15, -0.1) is 10.2 Å². The molecule has 1 heterocycles. The van der Waals surface area contributed by atoms with Crippen molar-refractivity contribution in [2.45, 2.75) is 20.4 Å². The summed E-state index contributed by atoms with van der Waals surface area (Å²) in [6.45, 7) is 6.00. The summed E-state index contributed by atoms with van der Waals surface area (Å²) in [5.74, 6) is 0.340. The Kier molecular flexibility index (Phi) is 5.01. The van der Waals surface area contributed by atoms with Gasteiger partial charge in [-0.2, -0.15) is 0 Å². The summed E-state index contributed by atoms with van der Waals surface area (Å²) in [4.78, 5) is 0. The van der Waals surface area contributed by atoms with Crippen LogP contribution in [0.2, 0.25) is 0 Å². The van der Waals surface area contributed by atoms with Crippen molar-refractivity contribution in [3.8, 4) is 10.6 Å². The number of halogens is 2. The molecule has 1 aromatic carbocycles. The number of benzene rings is 1. The van der Waals surface area contributed by atoms with E-state index in [2.05, 4.69) is 45.3 Å². The molecule has 0 bridgehead atoms. The van der Waals surface area contributed by atoms with Crippen molar-refractivity contribution in [1.29, 1.82) is 0 Å². The van der Waals surface area contributed by atoms with E-state index in [4.69, 9.17) is 0 Å². The molecule has 102 valence electrons. The summed E-state index contributed by atoms with van der Waals surface area (Å²) >= 11 is 4.70. The molecule has 0 saturated heterocycles. The lowest BCUT2D eigenvalue weighted by molar-refractivity contribution is 0.550. The van der Waals surface area contributed by atoms with Gasteiger partial charge in [-0.25, -0.2) is 4.39 Å². The molecular weight excluding hydrogens is 329 g/mol. The van der Waals surface area contributed by atoms with E-state index < -0.39 is 0 Å². The number of nitrogens with zero attached hydrogens (tertiary/aromatic N) is 2. The van der Waals surface area contributed by atoms with E-state index in [1.165, 1.54) is 17.4 Å². The molecule has 0 aliphatic heterocycles. The van der Waals surface area contributed by atoms with Gasteiger partial charge in [0, 0.05) is 12.1 Å². The molecule has 6 heteroatoms. The van der Waals surface area contributed by atoms with Gasteiger partial charge < -0.3 is 5.32 Å². The van der Waals surface area contributed by atoms with Crippen LogP contribution < -0.4 is 5.32 Å². The topological polar surface area (TPSA) is 37.8 Å². The number of rotatable bonds is 5. The van der Waals surface area contributed by atoms with Gasteiger partial charge in [0.2, 0.25) is 0 Å². The Balaban J connectivity index is 2.05. The molecule has 0 saturated carbocycles. The molecule has 2 rings (SSSR count). The summed E-state index contributed by atoms with van der Waals surface area (Å²) in [6.07, 6.45) is 0. The second-order valence-corrected chi connectivity index (χ2v) is 6.57. The van der Waals surface area contributed by atoms with Crippen molar-refractivity contribution in [2.75, 3.05) is 6.54 Å². The number of aromatic nitrogens is 2. The third-order valence-electron chi connectivity index (χ3n) is 2.46. The van der Waals surface area contributed by atoms with Crippen molar-refractivity contribution >= 4 is 27.3 Å². The van der Waals surface area contributed by atoms with Crippen molar-refractivity contribution in [1.82, 2.24) is 15.5 Å².